The minimum Gasteiger partial charge on any atom is -0.464 e. The summed E-state index contributed by atoms with van der Waals surface area (Å²) < 4.78 is 5.58. The average Bonchev–Trinajstić information content (AvgIpc) is 2.79. The van der Waals surface area contributed by atoms with Gasteiger partial charge in [-0.05, 0) is 48.4 Å². The number of amides is 1. The van der Waals surface area contributed by atoms with Gasteiger partial charge in [-0.15, -0.1) is 0 Å². The maximum atomic E-state index is 10.9. The van der Waals surface area contributed by atoms with Gasteiger partial charge in [-0.1, -0.05) is 11.6 Å². The molecule has 3 nitrogen and oxygen atoms in total. The molecule has 0 fully saturated rings. The zero-order valence-electron chi connectivity index (χ0n) is 10.8. The Balaban J connectivity index is 1.93. The van der Waals surface area contributed by atoms with Gasteiger partial charge in [0.15, 0.2) is 0 Å². The van der Waals surface area contributed by atoms with Crippen molar-refractivity contribution in [1.29, 1.82) is 0 Å². The maximum Gasteiger partial charge on any atom is 0.216 e. The lowest BCUT2D eigenvalue weighted by atomic mass is 9.82. The van der Waals surface area contributed by atoms with E-state index in [1.807, 2.05) is 18.4 Å². The first-order valence-corrected chi connectivity index (χ1v) is 6.97. The van der Waals surface area contributed by atoms with Crippen molar-refractivity contribution in [3.8, 4) is 0 Å². The standard InChI is InChI=1S/C15H16ClNO2/c1-9(18)17-7-6-10-2-3-11-8-19-13-5-4-12(16)14(10)15(11)13/h4-5,8,10H,2-3,6-7H2,1H3,(H,17,18). The molecule has 1 amide bonds. The Morgan fingerprint density at radius 2 is 2.37 bits per heavy atom. The van der Waals surface area contributed by atoms with Crippen molar-refractivity contribution in [3.05, 3.63) is 34.5 Å². The molecule has 1 N–H and O–H groups in total. The first-order chi connectivity index (χ1) is 9.16. The quantitative estimate of drug-likeness (QED) is 0.931. The summed E-state index contributed by atoms with van der Waals surface area (Å²) in [5, 5.41) is 4.85. The second kappa shape index (κ2) is 4.89. The number of halogens is 1. The number of hydrogen-bond donors (Lipinski definition) is 1. The fourth-order valence-corrected chi connectivity index (χ4v) is 3.28. The van der Waals surface area contributed by atoms with Gasteiger partial charge in [-0.2, -0.15) is 0 Å². The summed E-state index contributed by atoms with van der Waals surface area (Å²) in [4.78, 5) is 10.9. The van der Waals surface area contributed by atoms with Crippen LogP contribution in [0.5, 0.6) is 0 Å². The van der Waals surface area contributed by atoms with Gasteiger partial charge < -0.3 is 9.73 Å². The van der Waals surface area contributed by atoms with Crippen molar-refractivity contribution >= 4 is 28.5 Å². The summed E-state index contributed by atoms with van der Waals surface area (Å²) in [6, 6.07) is 3.84. The number of nitrogens with one attached hydrogen (secondary N) is 1. The van der Waals surface area contributed by atoms with E-state index >= 15 is 0 Å². The highest BCUT2D eigenvalue weighted by Crippen LogP contribution is 2.42. The SMILES string of the molecule is CC(=O)NCCC1CCc2coc3ccc(Cl)c1c23. The molecule has 1 aliphatic rings. The molecule has 1 unspecified atom stereocenters. The van der Waals surface area contributed by atoms with E-state index < -0.39 is 0 Å². The molecule has 1 heterocycles. The molecule has 2 aromatic rings. The van der Waals surface area contributed by atoms with Crippen molar-refractivity contribution in [2.24, 2.45) is 0 Å². The van der Waals surface area contributed by atoms with E-state index in [-0.39, 0.29) is 5.91 Å². The van der Waals surface area contributed by atoms with Crippen LogP contribution in [-0.4, -0.2) is 12.5 Å². The van der Waals surface area contributed by atoms with Crippen LogP contribution in [0.2, 0.25) is 5.02 Å². The highest BCUT2D eigenvalue weighted by molar-refractivity contribution is 6.32. The van der Waals surface area contributed by atoms with E-state index in [4.69, 9.17) is 16.0 Å². The molecule has 1 aliphatic carbocycles. The predicted octanol–water partition coefficient (Wildman–Crippen LogP) is 3.64. The van der Waals surface area contributed by atoms with E-state index in [1.54, 1.807) is 6.92 Å². The van der Waals surface area contributed by atoms with Gasteiger partial charge in [-0.3, -0.25) is 4.79 Å². The second-order valence-electron chi connectivity index (χ2n) is 5.10. The topological polar surface area (TPSA) is 42.2 Å². The number of hydrogen-bond acceptors (Lipinski definition) is 2. The zero-order valence-corrected chi connectivity index (χ0v) is 11.6. The monoisotopic (exact) mass is 277 g/mol. The molecule has 3 rings (SSSR count). The van der Waals surface area contributed by atoms with Gasteiger partial charge in [0.2, 0.25) is 5.91 Å². The molecule has 0 saturated heterocycles. The third-order valence-corrected chi connectivity index (χ3v) is 4.17. The molecule has 19 heavy (non-hydrogen) atoms. The number of carbonyl (C=O) groups excluding carboxylic acids is 1. The summed E-state index contributed by atoms with van der Waals surface area (Å²) in [7, 11) is 0. The van der Waals surface area contributed by atoms with Crippen molar-refractivity contribution in [3.63, 3.8) is 0 Å². The van der Waals surface area contributed by atoms with Crippen LogP contribution < -0.4 is 5.32 Å². The Kier molecular flexibility index (Phi) is 3.23. The minimum atomic E-state index is 0.0177. The van der Waals surface area contributed by atoms with Gasteiger partial charge in [0, 0.05) is 23.9 Å². The number of carbonyl (C=O) groups is 1. The molecule has 0 spiro atoms. The molecule has 1 atom stereocenters. The maximum absolute atomic E-state index is 10.9. The molecule has 1 aromatic heterocycles. The highest BCUT2D eigenvalue weighted by Gasteiger charge is 2.25. The molecule has 0 aliphatic heterocycles. The largest absolute Gasteiger partial charge is 0.464 e. The van der Waals surface area contributed by atoms with E-state index in [0.717, 1.165) is 29.9 Å². The summed E-state index contributed by atoms with van der Waals surface area (Å²) in [6.07, 6.45) is 4.84. The highest BCUT2D eigenvalue weighted by atomic mass is 35.5. The van der Waals surface area contributed by atoms with Gasteiger partial charge in [-0.25, -0.2) is 0 Å². The Hall–Kier alpha value is -1.48. The van der Waals surface area contributed by atoms with E-state index in [9.17, 15) is 4.79 Å². The Morgan fingerprint density at radius 1 is 1.53 bits per heavy atom. The summed E-state index contributed by atoms with van der Waals surface area (Å²) in [5.74, 6) is 0.414. The fourth-order valence-electron chi connectivity index (χ4n) is 2.97. The molecule has 1 aromatic carbocycles. The lowest BCUT2D eigenvalue weighted by Gasteiger charge is -2.24. The minimum absolute atomic E-state index is 0.0177. The smallest absolute Gasteiger partial charge is 0.216 e. The summed E-state index contributed by atoms with van der Waals surface area (Å²) >= 11 is 6.37. The summed E-state index contributed by atoms with van der Waals surface area (Å²) in [5.41, 5.74) is 3.36. The number of furan rings is 1. The van der Waals surface area contributed by atoms with Crippen molar-refractivity contribution in [2.45, 2.75) is 32.1 Å². The third-order valence-electron chi connectivity index (χ3n) is 3.84. The van der Waals surface area contributed by atoms with Gasteiger partial charge in [0.05, 0.1) is 6.26 Å². The molecule has 4 heteroatoms. The van der Waals surface area contributed by atoms with Crippen molar-refractivity contribution in [1.82, 2.24) is 5.32 Å². The Labute approximate surface area is 116 Å². The molecular weight excluding hydrogens is 262 g/mol. The molecular formula is C15H16ClNO2. The van der Waals surface area contributed by atoms with E-state index in [0.29, 0.717) is 12.5 Å². The molecule has 0 bridgehead atoms. The molecule has 100 valence electrons. The molecule has 0 saturated carbocycles. The zero-order chi connectivity index (χ0) is 13.4. The van der Waals surface area contributed by atoms with Crippen LogP contribution in [0.25, 0.3) is 11.0 Å². The first-order valence-electron chi connectivity index (χ1n) is 6.59. The predicted molar refractivity (Wildman–Crippen MR) is 75.6 cm³/mol. The number of rotatable bonds is 3. The van der Waals surface area contributed by atoms with Crippen LogP contribution in [0.1, 0.15) is 36.8 Å². The van der Waals surface area contributed by atoms with Crippen LogP contribution in [0.15, 0.2) is 22.8 Å². The first kappa shape index (κ1) is 12.5. The fraction of sp³-hybridized carbons (Fsp3) is 0.400. The number of aryl methyl sites for hydroxylation is 1. The van der Waals surface area contributed by atoms with Crippen molar-refractivity contribution in [2.75, 3.05) is 6.54 Å². The lowest BCUT2D eigenvalue weighted by Crippen LogP contribution is -2.23. The molecule has 0 radical (unpaired) electrons. The Bertz CT molecular complexity index is 632. The second-order valence-corrected chi connectivity index (χ2v) is 5.51. The van der Waals surface area contributed by atoms with E-state index in [1.165, 1.54) is 16.5 Å². The van der Waals surface area contributed by atoms with Crippen LogP contribution in [0.4, 0.5) is 0 Å². The third kappa shape index (κ3) is 2.23. The Morgan fingerprint density at radius 3 is 3.16 bits per heavy atom. The van der Waals surface area contributed by atoms with Crippen LogP contribution in [-0.2, 0) is 11.2 Å². The van der Waals surface area contributed by atoms with Crippen LogP contribution in [0, 0.1) is 0 Å². The van der Waals surface area contributed by atoms with Crippen LogP contribution >= 0.6 is 11.6 Å². The number of benzene rings is 1. The van der Waals surface area contributed by atoms with Crippen molar-refractivity contribution < 1.29 is 9.21 Å². The van der Waals surface area contributed by atoms with Gasteiger partial charge >= 0.3 is 0 Å². The van der Waals surface area contributed by atoms with E-state index in [2.05, 4.69) is 5.32 Å². The lowest BCUT2D eigenvalue weighted by molar-refractivity contribution is -0.118. The average molecular weight is 278 g/mol. The normalized spacial score (nSPS) is 17.7. The van der Waals surface area contributed by atoms with Gasteiger partial charge in [0.1, 0.15) is 5.58 Å². The summed E-state index contributed by atoms with van der Waals surface area (Å²) in [6.45, 7) is 2.24. The van der Waals surface area contributed by atoms with Gasteiger partial charge in [0.25, 0.3) is 0 Å². The van der Waals surface area contributed by atoms with Crippen LogP contribution in [0.3, 0.4) is 0 Å².